The quantitative estimate of drug-likeness (QED) is 0.706. The third kappa shape index (κ3) is 5.05. The van der Waals surface area contributed by atoms with E-state index in [1.807, 2.05) is 0 Å². The van der Waals surface area contributed by atoms with E-state index in [2.05, 4.69) is 5.32 Å². The number of nitrogens with one attached hydrogen (secondary N) is 1. The number of rotatable bonds is 8. The van der Waals surface area contributed by atoms with Crippen molar-refractivity contribution in [3.8, 4) is 5.75 Å². The van der Waals surface area contributed by atoms with Gasteiger partial charge in [-0.3, -0.25) is 14.4 Å². The molecule has 136 valence electrons. The molecule has 0 unspecified atom stereocenters. The number of carboxylic acid groups (broad SMARTS) is 1. The van der Waals surface area contributed by atoms with Crippen molar-refractivity contribution in [2.24, 2.45) is 5.41 Å². The fourth-order valence-corrected chi connectivity index (χ4v) is 3.20. The summed E-state index contributed by atoms with van der Waals surface area (Å²) in [6.07, 6.45) is 4.12. The molecule has 6 heteroatoms. The van der Waals surface area contributed by atoms with Crippen molar-refractivity contribution in [3.63, 3.8) is 0 Å². The first kappa shape index (κ1) is 19.0. The molecule has 1 aliphatic rings. The van der Waals surface area contributed by atoms with E-state index in [9.17, 15) is 19.5 Å². The SMILES string of the molecule is COc1ccc(C(=O)CCC(=O)NCC2(C(=O)O)CCCCC2)cc1. The van der Waals surface area contributed by atoms with Gasteiger partial charge in [-0.25, -0.2) is 0 Å². The topological polar surface area (TPSA) is 92.7 Å². The van der Waals surface area contributed by atoms with Crippen LogP contribution in [-0.2, 0) is 9.59 Å². The van der Waals surface area contributed by atoms with Crippen molar-refractivity contribution in [1.82, 2.24) is 5.32 Å². The lowest BCUT2D eigenvalue weighted by molar-refractivity contribution is -0.151. The maximum atomic E-state index is 12.1. The average molecular weight is 347 g/mol. The van der Waals surface area contributed by atoms with Crippen LogP contribution < -0.4 is 10.1 Å². The van der Waals surface area contributed by atoms with Gasteiger partial charge in [0.05, 0.1) is 12.5 Å². The number of benzene rings is 1. The maximum absolute atomic E-state index is 12.1. The van der Waals surface area contributed by atoms with Crippen LogP contribution in [-0.4, -0.2) is 36.4 Å². The van der Waals surface area contributed by atoms with Crippen LogP contribution in [0.15, 0.2) is 24.3 Å². The van der Waals surface area contributed by atoms with Crippen molar-refractivity contribution in [1.29, 1.82) is 0 Å². The van der Waals surface area contributed by atoms with E-state index >= 15 is 0 Å². The van der Waals surface area contributed by atoms with Crippen LogP contribution in [0.5, 0.6) is 5.75 Å². The van der Waals surface area contributed by atoms with Crippen LogP contribution in [0.2, 0.25) is 0 Å². The summed E-state index contributed by atoms with van der Waals surface area (Å²) >= 11 is 0. The lowest BCUT2D eigenvalue weighted by atomic mass is 9.74. The standard InChI is InChI=1S/C19H25NO5/c1-25-15-7-5-14(6-8-15)16(21)9-10-17(22)20-13-19(18(23)24)11-3-2-4-12-19/h5-8H,2-4,9-13H2,1H3,(H,20,22)(H,23,24). The monoisotopic (exact) mass is 347 g/mol. The first-order valence-corrected chi connectivity index (χ1v) is 8.64. The van der Waals surface area contributed by atoms with Gasteiger partial charge in [0.15, 0.2) is 5.78 Å². The van der Waals surface area contributed by atoms with Crippen molar-refractivity contribution in [2.75, 3.05) is 13.7 Å². The summed E-state index contributed by atoms with van der Waals surface area (Å²) in [7, 11) is 1.55. The largest absolute Gasteiger partial charge is 0.497 e. The summed E-state index contributed by atoms with van der Waals surface area (Å²) in [4.78, 5) is 35.7. The lowest BCUT2D eigenvalue weighted by Crippen LogP contribution is -2.44. The summed E-state index contributed by atoms with van der Waals surface area (Å²) < 4.78 is 5.04. The highest BCUT2D eigenvalue weighted by atomic mass is 16.5. The second-order valence-electron chi connectivity index (χ2n) is 6.57. The molecule has 0 aromatic heterocycles. The summed E-state index contributed by atoms with van der Waals surface area (Å²) in [5, 5.41) is 12.2. The molecule has 0 aliphatic heterocycles. The van der Waals surface area contributed by atoms with Gasteiger partial charge in [-0.2, -0.15) is 0 Å². The molecule has 0 atom stereocenters. The molecule has 1 aromatic rings. The highest BCUT2D eigenvalue weighted by molar-refractivity contribution is 5.98. The van der Waals surface area contributed by atoms with Gasteiger partial charge >= 0.3 is 5.97 Å². The Morgan fingerprint density at radius 2 is 1.72 bits per heavy atom. The van der Waals surface area contributed by atoms with E-state index in [4.69, 9.17) is 4.74 Å². The molecule has 6 nitrogen and oxygen atoms in total. The van der Waals surface area contributed by atoms with E-state index in [1.165, 1.54) is 0 Å². The highest BCUT2D eigenvalue weighted by Crippen LogP contribution is 2.36. The number of carbonyl (C=O) groups is 3. The van der Waals surface area contributed by atoms with Crippen molar-refractivity contribution in [3.05, 3.63) is 29.8 Å². The number of aliphatic carboxylic acids is 1. The van der Waals surface area contributed by atoms with Crippen LogP contribution in [0.3, 0.4) is 0 Å². The number of hydrogen-bond donors (Lipinski definition) is 2. The molecule has 0 heterocycles. The Hall–Kier alpha value is -2.37. The summed E-state index contributed by atoms with van der Waals surface area (Å²) in [5.41, 5.74) is -0.323. The number of Topliss-reactive ketones (excluding diaryl/α,β-unsaturated/α-hetero) is 1. The Labute approximate surface area is 147 Å². The zero-order chi connectivity index (χ0) is 18.3. The predicted octanol–water partition coefficient (Wildman–Crippen LogP) is 2.81. The molecule has 1 amide bonds. The first-order valence-electron chi connectivity index (χ1n) is 8.64. The minimum Gasteiger partial charge on any atom is -0.497 e. The van der Waals surface area contributed by atoms with E-state index in [0.717, 1.165) is 19.3 Å². The van der Waals surface area contributed by atoms with Crippen LogP contribution in [0.25, 0.3) is 0 Å². The minimum atomic E-state index is -0.853. The van der Waals surface area contributed by atoms with Crippen LogP contribution >= 0.6 is 0 Å². The lowest BCUT2D eigenvalue weighted by Gasteiger charge is -2.33. The number of carbonyl (C=O) groups excluding carboxylic acids is 2. The third-order valence-corrected chi connectivity index (χ3v) is 4.88. The zero-order valence-corrected chi connectivity index (χ0v) is 14.5. The number of amides is 1. The molecule has 2 N–H and O–H groups in total. The third-order valence-electron chi connectivity index (χ3n) is 4.88. The smallest absolute Gasteiger partial charge is 0.311 e. The molecular formula is C19H25NO5. The van der Waals surface area contributed by atoms with Gasteiger partial charge in [0.2, 0.25) is 5.91 Å². The number of hydrogen-bond acceptors (Lipinski definition) is 4. The molecule has 2 rings (SSSR count). The maximum Gasteiger partial charge on any atom is 0.311 e. The zero-order valence-electron chi connectivity index (χ0n) is 14.5. The Morgan fingerprint density at radius 3 is 2.28 bits per heavy atom. The second-order valence-corrected chi connectivity index (χ2v) is 6.57. The number of ether oxygens (including phenoxy) is 1. The number of methoxy groups -OCH3 is 1. The van der Waals surface area contributed by atoms with Crippen LogP contribution in [0.1, 0.15) is 55.3 Å². The minimum absolute atomic E-state index is 0.0561. The van der Waals surface area contributed by atoms with Gasteiger partial charge in [0.1, 0.15) is 5.75 Å². The molecule has 1 aliphatic carbocycles. The average Bonchev–Trinajstić information content (AvgIpc) is 2.65. The van der Waals surface area contributed by atoms with Gasteiger partial charge in [-0.15, -0.1) is 0 Å². The van der Waals surface area contributed by atoms with Gasteiger partial charge < -0.3 is 15.2 Å². The summed E-state index contributed by atoms with van der Waals surface area (Å²) in [6.45, 7) is 0.137. The van der Waals surface area contributed by atoms with Gasteiger partial charge in [0, 0.05) is 24.9 Å². The molecule has 0 radical (unpaired) electrons. The molecule has 1 fully saturated rings. The first-order chi connectivity index (χ1) is 12.0. The summed E-state index contributed by atoms with van der Waals surface area (Å²) in [5.74, 6) is -0.584. The van der Waals surface area contributed by atoms with Gasteiger partial charge in [-0.1, -0.05) is 19.3 Å². The molecule has 0 spiro atoms. The molecular weight excluding hydrogens is 322 g/mol. The summed E-state index contributed by atoms with van der Waals surface area (Å²) in [6, 6.07) is 6.74. The van der Waals surface area contributed by atoms with E-state index < -0.39 is 11.4 Å². The van der Waals surface area contributed by atoms with E-state index in [0.29, 0.717) is 24.2 Å². The molecule has 25 heavy (non-hydrogen) atoms. The van der Waals surface area contributed by atoms with Crippen molar-refractivity contribution in [2.45, 2.75) is 44.9 Å². The van der Waals surface area contributed by atoms with Crippen LogP contribution in [0, 0.1) is 5.41 Å². The normalized spacial score (nSPS) is 16.0. The van der Waals surface area contributed by atoms with Crippen molar-refractivity contribution < 1.29 is 24.2 Å². The number of ketones is 1. The molecule has 0 bridgehead atoms. The molecule has 0 saturated heterocycles. The molecule has 1 saturated carbocycles. The Morgan fingerprint density at radius 1 is 1.08 bits per heavy atom. The second kappa shape index (κ2) is 8.65. The highest BCUT2D eigenvalue weighted by Gasteiger charge is 2.39. The fraction of sp³-hybridized carbons (Fsp3) is 0.526. The van der Waals surface area contributed by atoms with E-state index in [1.54, 1.807) is 31.4 Å². The molecule has 1 aromatic carbocycles. The van der Waals surface area contributed by atoms with E-state index in [-0.39, 0.29) is 31.1 Å². The Bertz CT molecular complexity index is 617. The Kier molecular flexibility index (Phi) is 6.56. The van der Waals surface area contributed by atoms with Crippen molar-refractivity contribution >= 4 is 17.7 Å². The van der Waals surface area contributed by atoms with Crippen LogP contribution in [0.4, 0.5) is 0 Å². The van der Waals surface area contributed by atoms with Gasteiger partial charge in [0.25, 0.3) is 0 Å². The van der Waals surface area contributed by atoms with Gasteiger partial charge in [-0.05, 0) is 37.1 Å². The Balaban J connectivity index is 1.81. The number of carboxylic acids is 1. The fourth-order valence-electron chi connectivity index (χ4n) is 3.20. The predicted molar refractivity (Wildman–Crippen MR) is 92.7 cm³/mol.